The van der Waals surface area contributed by atoms with Crippen LogP contribution in [-0.4, -0.2) is 28.9 Å². The maximum atomic E-state index is 11.9. The number of thiazole rings is 1. The molecule has 1 aliphatic heterocycles. The molecule has 1 saturated heterocycles. The number of aryl methyl sites for hydroxylation is 2. The first-order valence-corrected chi connectivity index (χ1v) is 6.82. The second-order valence-electron chi connectivity index (χ2n) is 4.32. The standard InChI is InChI=1S/C12H18N2OS/c1-10-9-16-11(13-10)5-6-12(15)14-7-3-2-4-8-14/h9H,2-8H2,1H3. The molecular weight excluding hydrogens is 220 g/mol. The minimum atomic E-state index is 0.299. The third-order valence-corrected chi connectivity index (χ3v) is 3.95. The van der Waals surface area contributed by atoms with Crippen molar-refractivity contribution in [3.05, 3.63) is 16.1 Å². The molecule has 1 fully saturated rings. The summed E-state index contributed by atoms with van der Waals surface area (Å²) in [6.07, 6.45) is 5.03. The van der Waals surface area contributed by atoms with Crippen LogP contribution in [0.15, 0.2) is 5.38 Å². The van der Waals surface area contributed by atoms with Crippen molar-refractivity contribution in [3.63, 3.8) is 0 Å². The molecule has 0 spiro atoms. The lowest BCUT2D eigenvalue weighted by Gasteiger charge is -2.26. The molecule has 1 aliphatic rings. The summed E-state index contributed by atoms with van der Waals surface area (Å²) in [5.41, 5.74) is 1.06. The highest BCUT2D eigenvalue weighted by Gasteiger charge is 2.16. The normalized spacial score (nSPS) is 16.4. The Morgan fingerprint density at radius 1 is 1.44 bits per heavy atom. The van der Waals surface area contributed by atoms with Crippen molar-refractivity contribution in [2.75, 3.05) is 13.1 Å². The Bertz CT molecular complexity index is 356. The van der Waals surface area contributed by atoms with Crippen LogP contribution in [0.3, 0.4) is 0 Å². The van der Waals surface area contributed by atoms with E-state index in [1.165, 1.54) is 19.3 Å². The van der Waals surface area contributed by atoms with Gasteiger partial charge in [-0.2, -0.15) is 0 Å². The molecule has 88 valence electrons. The van der Waals surface area contributed by atoms with Gasteiger partial charge in [-0.3, -0.25) is 4.79 Å². The Kier molecular flexibility index (Phi) is 3.93. The van der Waals surface area contributed by atoms with Crippen molar-refractivity contribution < 1.29 is 4.79 Å². The van der Waals surface area contributed by atoms with Gasteiger partial charge in [0.05, 0.1) is 5.01 Å². The molecule has 16 heavy (non-hydrogen) atoms. The van der Waals surface area contributed by atoms with E-state index in [1.807, 2.05) is 17.2 Å². The van der Waals surface area contributed by atoms with Crippen molar-refractivity contribution in [2.45, 2.75) is 39.0 Å². The van der Waals surface area contributed by atoms with E-state index in [4.69, 9.17) is 0 Å². The van der Waals surface area contributed by atoms with E-state index < -0.39 is 0 Å². The molecule has 0 bridgehead atoms. The van der Waals surface area contributed by atoms with Gasteiger partial charge >= 0.3 is 0 Å². The van der Waals surface area contributed by atoms with Crippen LogP contribution >= 0.6 is 11.3 Å². The molecule has 0 unspecified atom stereocenters. The largest absolute Gasteiger partial charge is 0.343 e. The van der Waals surface area contributed by atoms with Crippen molar-refractivity contribution >= 4 is 17.2 Å². The van der Waals surface area contributed by atoms with Gasteiger partial charge in [0.2, 0.25) is 5.91 Å². The quantitative estimate of drug-likeness (QED) is 0.810. The number of nitrogens with zero attached hydrogens (tertiary/aromatic N) is 2. The molecule has 0 atom stereocenters. The molecule has 0 N–H and O–H groups in total. The SMILES string of the molecule is Cc1csc(CCC(=O)N2CCCCC2)n1. The Morgan fingerprint density at radius 3 is 2.81 bits per heavy atom. The van der Waals surface area contributed by atoms with Crippen LogP contribution in [0.4, 0.5) is 0 Å². The number of likely N-dealkylation sites (tertiary alicyclic amines) is 1. The van der Waals surface area contributed by atoms with Crippen LogP contribution in [0.5, 0.6) is 0 Å². The van der Waals surface area contributed by atoms with Crippen LogP contribution in [0.1, 0.15) is 36.4 Å². The Labute approximate surface area is 100 Å². The molecule has 1 aromatic rings. The number of carbonyl (C=O) groups is 1. The summed E-state index contributed by atoms with van der Waals surface area (Å²) in [6, 6.07) is 0. The number of amides is 1. The molecular formula is C12H18N2OS. The van der Waals surface area contributed by atoms with E-state index in [-0.39, 0.29) is 0 Å². The van der Waals surface area contributed by atoms with Crippen LogP contribution in [0.25, 0.3) is 0 Å². The van der Waals surface area contributed by atoms with Crippen LogP contribution in [-0.2, 0) is 11.2 Å². The van der Waals surface area contributed by atoms with Gasteiger partial charge in [-0.15, -0.1) is 11.3 Å². The topological polar surface area (TPSA) is 33.2 Å². The number of piperidine rings is 1. The Morgan fingerprint density at radius 2 is 2.19 bits per heavy atom. The highest BCUT2D eigenvalue weighted by atomic mass is 32.1. The van der Waals surface area contributed by atoms with Gasteiger partial charge in [0.15, 0.2) is 0 Å². The van der Waals surface area contributed by atoms with Gasteiger partial charge in [-0.05, 0) is 26.2 Å². The van der Waals surface area contributed by atoms with Crippen molar-refractivity contribution in [1.82, 2.24) is 9.88 Å². The highest BCUT2D eigenvalue weighted by Crippen LogP contribution is 2.14. The summed E-state index contributed by atoms with van der Waals surface area (Å²) in [4.78, 5) is 18.3. The average Bonchev–Trinajstić information content (AvgIpc) is 2.73. The van der Waals surface area contributed by atoms with Crippen LogP contribution < -0.4 is 0 Å². The van der Waals surface area contributed by atoms with Crippen molar-refractivity contribution in [2.24, 2.45) is 0 Å². The second kappa shape index (κ2) is 5.43. The van der Waals surface area contributed by atoms with E-state index in [0.29, 0.717) is 12.3 Å². The fraction of sp³-hybridized carbons (Fsp3) is 0.667. The fourth-order valence-corrected chi connectivity index (χ4v) is 2.81. The molecule has 0 saturated carbocycles. The first-order chi connectivity index (χ1) is 7.75. The fourth-order valence-electron chi connectivity index (χ4n) is 2.03. The van der Waals surface area contributed by atoms with Gasteiger partial charge in [-0.1, -0.05) is 0 Å². The summed E-state index contributed by atoms with van der Waals surface area (Å²) in [5, 5.41) is 3.13. The molecule has 0 aliphatic carbocycles. The first kappa shape index (κ1) is 11.6. The van der Waals surface area contributed by atoms with Gasteiger partial charge in [-0.25, -0.2) is 4.98 Å². The number of carbonyl (C=O) groups excluding carboxylic acids is 1. The van der Waals surface area contributed by atoms with E-state index in [0.717, 1.165) is 30.2 Å². The maximum Gasteiger partial charge on any atom is 0.222 e. The molecule has 1 aromatic heterocycles. The summed E-state index contributed by atoms with van der Waals surface area (Å²) in [6.45, 7) is 3.90. The lowest BCUT2D eigenvalue weighted by molar-refractivity contribution is -0.132. The molecule has 3 nitrogen and oxygen atoms in total. The number of rotatable bonds is 3. The Hall–Kier alpha value is -0.900. The number of hydrogen-bond donors (Lipinski definition) is 0. The zero-order valence-electron chi connectivity index (χ0n) is 9.74. The van der Waals surface area contributed by atoms with E-state index in [1.54, 1.807) is 11.3 Å². The van der Waals surface area contributed by atoms with Gasteiger partial charge in [0, 0.05) is 37.0 Å². The van der Waals surface area contributed by atoms with Crippen LogP contribution in [0, 0.1) is 6.92 Å². The van der Waals surface area contributed by atoms with Gasteiger partial charge < -0.3 is 4.90 Å². The monoisotopic (exact) mass is 238 g/mol. The zero-order valence-corrected chi connectivity index (χ0v) is 10.6. The molecule has 4 heteroatoms. The lowest BCUT2D eigenvalue weighted by atomic mass is 10.1. The predicted molar refractivity (Wildman–Crippen MR) is 65.6 cm³/mol. The summed E-state index contributed by atoms with van der Waals surface area (Å²) in [7, 11) is 0. The molecule has 0 radical (unpaired) electrons. The second-order valence-corrected chi connectivity index (χ2v) is 5.27. The van der Waals surface area contributed by atoms with Crippen LogP contribution in [0.2, 0.25) is 0 Å². The Balaban J connectivity index is 1.78. The molecule has 1 amide bonds. The lowest BCUT2D eigenvalue weighted by Crippen LogP contribution is -2.35. The molecule has 2 rings (SSSR count). The van der Waals surface area contributed by atoms with Crippen molar-refractivity contribution in [3.8, 4) is 0 Å². The van der Waals surface area contributed by atoms with Gasteiger partial charge in [0.1, 0.15) is 0 Å². The third kappa shape index (κ3) is 3.04. The minimum absolute atomic E-state index is 0.299. The zero-order chi connectivity index (χ0) is 11.4. The predicted octanol–water partition coefficient (Wildman–Crippen LogP) is 2.40. The maximum absolute atomic E-state index is 11.9. The van der Waals surface area contributed by atoms with Crippen molar-refractivity contribution in [1.29, 1.82) is 0 Å². The number of aromatic nitrogens is 1. The number of hydrogen-bond acceptors (Lipinski definition) is 3. The smallest absolute Gasteiger partial charge is 0.222 e. The molecule has 2 heterocycles. The van der Waals surface area contributed by atoms with E-state index in [2.05, 4.69) is 4.98 Å². The highest BCUT2D eigenvalue weighted by molar-refractivity contribution is 7.09. The van der Waals surface area contributed by atoms with Gasteiger partial charge in [0.25, 0.3) is 0 Å². The third-order valence-electron chi connectivity index (χ3n) is 2.93. The summed E-state index contributed by atoms with van der Waals surface area (Å²) >= 11 is 1.66. The summed E-state index contributed by atoms with van der Waals surface area (Å²) in [5.74, 6) is 0.299. The minimum Gasteiger partial charge on any atom is -0.343 e. The van der Waals surface area contributed by atoms with E-state index >= 15 is 0 Å². The summed E-state index contributed by atoms with van der Waals surface area (Å²) < 4.78 is 0. The average molecular weight is 238 g/mol. The molecule has 0 aromatic carbocycles. The van der Waals surface area contributed by atoms with E-state index in [9.17, 15) is 4.79 Å². The first-order valence-electron chi connectivity index (χ1n) is 5.94.